The second kappa shape index (κ2) is 9.39. The monoisotopic (exact) mass is 380 g/mol. The molecule has 2 aliphatic heterocycles. The number of fused-ring (bicyclic) bond motifs is 1. The molecule has 0 amide bonds. The van der Waals surface area contributed by atoms with Gasteiger partial charge in [0.25, 0.3) is 0 Å². The third-order valence-electron chi connectivity index (χ3n) is 5.87. The van der Waals surface area contributed by atoms with Gasteiger partial charge in [0.05, 0.1) is 12.3 Å². The molecular formula is C23H32N4O. The predicted molar refractivity (Wildman–Crippen MR) is 114 cm³/mol. The van der Waals surface area contributed by atoms with Crippen molar-refractivity contribution < 1.29 is 4.74 Å². The predicted octanol–water partition coefficient (Wildman–Crippen LogP) is 3.05. The highest BCUT2D eigenvalue weighted by atomic mass is 16.5. The lowest BCUT2D eigenvalue weighted by Crippen LogP contribution is -2.47. The van der Waals surface area contributed by atoms with Crippen molar-refractivity contribution in [3.8, 4) is 5.75 Å². The van der Waals surface area contributed by atoms with Crippen LogP contribution in [0.5, 0.6) is 5.75 Å². The standard InChI is InChI=1S/C23H32N4O/c1-2-28-23-9-4-3-8-22(23)27-17-15-25(16-18-27)12-6-13-26-14-10-21-20(19-26)7-5-11-24-21/h3-5,7-9,11H,2,6,10,12-19H2,1H3. The summed E-state index contributed by atoms with van der Waals surface area (Å²) in [5.41, 5.74) is 3.95. The van der Waals surface area contributed by atoms with Gasteiger partial charge < -0.3 is 9.64 Å². The number of ether oxygens (including phenoxy) is 1. The molecule has 0 bridgehead atoms. The molecule has 0 spiro atoms. The summed E-state index contributed by atoms with van der Waals surface area (Å²) in [6, 6.07) is 12.7. The molecular weight excluding hydrogens is 348 g/mol. The zero-order chi connectivity index (χ0) is 19.2. The summed E-state index contributed by atoms with van der Waals surface area (Å²) < 4.78 is 5.81. The summed E-state index contributed by atoms with van der Waals surface area (Å²) in [6.07, 6.45) is 4.25. The first-order valence-corrected chi connectivity index (χ1v) is 10.7. The van der Waals surface area contributed by atoms with Gasteiger partial charge in [0.2, 0.25) is 0 Å². The first-order valence-electron chi connectivity index (χ1n) is 10.7. The van der Waals surface area contributed by atoms with Gasteiger partial charge in [-0.25, -0.2) is 0 Å². The normalized spacial score (nSPS) is 18.1. The van der Waals surface area contributed by atoms with Crippen molar-refractivity contribution >= 4 is 5.69 Å². The van der Waals surface area contributed by atoms with Crippen LogP contribution < -0.4 is 9.64 Å². The number of aromatic nitrogens is 1. The van der Waals surface area contributed by atoms with E-state index in [1.165, 1.54) is 36.5 Å². The second-order valence-electron chi connectivity index (χ2n) is 7.72. The van der Waals surface area contributed by atoms with E-state index in [2.05, 4.69) is 56.1 Å². The quantitative estimate of drug-likeness (QED) is 0.737. The molecule has 0 saturated carbocycles. The lowest BCUT2D eigenvalue weighted by molar-refractivity contribution is 0.208. The molecule has 0 N–H and O–H groups in total. The fourth-order valence-corrected chi connectivity index (χ4v) is 4.34. The van der Waals surface area contributed by atoms with Gasteiger partial charge >= 0.3 is 0 Å². The van der Waals surface area contributed by atoms with Gasteiger partial charge in [0.15, 0.2) is 0 Å². The Hall–Kier alpha value is -2.11. The first-order chi connectivity index (χ1) is 13.8. The summed E-state index contributed by atoms with van der Waals surface area (Å²) in [7, 11) is 0. The molecule has 5 heteroatoms. The molecule has 150 valence electrons. The smallest absolute Gasteiger partial charge is 0.142 e. The van der Waals surface area contributed by atoms with Crippen LogP contribution in [0.15, 0.2) is 42.6 Å². The molecule has 0 atom stereocenters. The summed E-state index contributed by atoms with van der Waals surface area (Å²) in [5.74, 6) is 1.01. The van der Waals surface area contributed by atoms with Gasteiger partial charge in [-0.2, -0.15) is 0 Å². The SMILES string of the molecule is CCOc1ccccc1N1CCN(CCCN2CCc3ncccc3C2)CC1. The molecule has 0 radical (unpaired) electrons. The maximum absolute atomic E-state index is 5.81. The number of benzene rings is 1. The van der Waals surface area contributed by atoms with E-state index in [1.54, 1.807) is 0 Å². The van der Waals surface area contributed by atoms with Gasteiger partial charge in [-0.05, 0) is 50.2 Å². The highest BCUT2D eigenvalue weighted by Gasteiger charge is 2.20. The highest BCUT2D eigenvalue weighted by Crippen LogP contribution is 2.28. The zero-order valence-electron chi connectivity index (χ0n) is 17.0. The highest BCUT2D eigenvalue weighted by molar-refractivity contribution is 5.58. The molecule has 1 fully saturated rings. The van der Waals surface area contributed by atoms with Crippen molar-refractivity contribution in [2.45, 2.75) is 26.3 Å². The van der Waals surface area contributed by atoms with Gasteiger partial charge in [-0.1, -0.05) is 18.2 Å². The molecule has 2 aromatic rings. The minimum Gasteiger partial charge on any atom is -0.492 e. The number of pyridine rings is 1. The fourth-order valence-electron chi connectivity index (χ4n) is 4.34. The van der Waals surface area contributed by atoms with Crippen molar-refractivity contribution in [2.24, 2.45) is 0 Å². The Balaban J connectivity index is 1.20. The Bertz CT molecular complexity index is 758. The van der Waals surface area contributed by atoms with Crippen LogP contribution in [0.25, 0.3) is 0 Å². The topological polar surface area (TPSA) is 31.8 Å². The number of hydrogen-bond acceptors (Lipinski definition) is 5. The van der Waals surface area contributed by atoms with Crippen molar-refractivity contribution in [3.05, 3.63) is 53.9 Å². The Morgan fingerprint density at radius 3 is 2.61 bits per heavy atom. The average molecular weight is 381 g/mol. The van der Waals surface area contributed by atoms with Crippen LogP contribution >= 0.6 is 0 Å². The molecule has 1 aromatic heterocycles. The van der Waals surface area contributed by atoms with E-state index < -0.39 is 0 Å². The lowest BCUT2D eigenvalue weighted by Gasteiger charge is -2.37. The minimum atomic E-state index is 0.716. The van der Waals surface area contributed by atoms with Crippen LogP contribution in [0.3, 0.4) is 0 Å². The van der Waals surface area contributed by atoms with Crippen LogP contribution in [0.2, 0.25) is 0 Å². The van der Waals surface area contributed by atoms with Gasteiger partial charge in [0, 0.05) is 57.6 Å². The van der Waals surface area contributed by atoms with E-state index in [-0.39, 0.29) is 0 Å². The molecule has 3 heterocycles. The first kappa shape index (κ1) is 19.2. The van der Waals surface area contributed by atoms with Gasteiger partial charge in [-0.3, -0.25) is 14.8 Å². The average Bonchev–Trinajstić information content (AvgIpc) is 2.75. The van der Waals surface area contributed by atoms with Crippen LogP contribution in [-0.2, 0) is 13.0 Å². The van der Waals surface area contributed by atoms with Crippen LogP contribution in [0, 0.1) is 0 Å². The van der Waals surface area contributed by atoms with E-state index in [4.69, 9.17) is 4.74 Å². The third-order valence-corrected chi connectivity index (χ3v) is 5.87. The zero-order valence-corrected chi connectivity index (χ0v) is 17.0. The van der Waals surface area contributed by atoms with Gasteiger partial charge in [0.1, 0.15) is 5.75 Å². The Kier molecular flexibility index (Phi) is 6.45. The van der Waals surface area contributed by atoms with E-state index in [9.17, 15) is 0 Å². The van der Waals surface area contributed by atoms with Crippen LogP contribution in [-0.4, -0.2) is 67.2 Å². The van der Waals surface area contributed by atoms with Gasteiger partial charge in [-0.15, -0.1) is 0 Å². The van der Waals surface area contributed by atoms with E-state index in [0.717, 1.165) is 51.4 Å². The molecule has 1 saturated heterocycles. The largest absolute Gasteiger partial charge is 0.492 e. The third kappa shape index (κ3) is 4.65. The Morgan fingerprint density at radius 2 is 1.75 bits per heavy atom. The summed E-state index contributed by atoms with van der Waals surface area (Å²) in [4.78, 5) is 12.2. The van der Waals surface area contributed by atoms with Crippen molar-refractivity contribution in [1.29, 1.82) is 0 Å². The summed E-state index contributed by atoms with van der Waals surface area (Å²) in [5, 5.41) is 0. The molecule has 0 aliphatic carbocycles. The van der Waals surface area contributed by atoms with E-state index in [0.29, 0.717) is 6.61 Å². The number of rotatable bonds is 7. The summed E-state index contributed by atoms with van der Waals surface area (Å²) in [6.45, 7) is 11.8. The number of hydrogen-bond donors (Lipinski definition) is 0. The van der Waals surface area contributed by atoms with Crippen LogP contribution in [0.4, 0.5) is 5.69 Å². The number of nitrogens with zero attached hydrogens (tertiary/aromatic N) is 4. The molecule has 5 nitrogen and oxygen atoms in total. The Labute approximate surface area is 168 Å². The lowest BCUT2D eigenvalue weighted by atomic mass is 10.1. The van der Waals surface area contributed by atoms with Crippen molar-refractivity contribution in [3.63, 3.8) is 0 Å². The maximum atomic E-state index is 5.81. The molecule has 0 unspecified atom stereocenters. The molecule has 2 aliphatic rings. The maximum Gasteiger partial charge on any atom is 0.142 e. The Morgan fingerprint density at radius 1 is 0.929 bits per heavy atom. The van der Waals surface area contributed by atoms with Crippen molar-refractivity contribution in [2.75, 3.05) is 57.3 Å². The minimum absolute atomic E-state index is 0.716. The number of para-hydroxylation sites is 2. The van der Waals surface area contributed by atoms with E-state index >= 15 is 0 Å². The molecule has 4 rings (SSSR count). The summed E-state index contributed by atoms with van der Waals surface area (Å²) >= 11 is 0. The second-order valence-corrected chi connectivity index (χ2v) is 7.72. The fraction of sp³-hybridized carbons (Fsp3) is 0.522. The molecule has 28 heavy (non-hydrogen) atoms. The van der Waals surface area contributed by atoms with Crippen LogP contribution in [0.1, 0.15) is 24.6 Å². The number of piperazine rings is 1. The molecule has 1 aromatic carbocycles. The van der Waals surface area contributed by atoms with Crippen molar-refractivity contribution in [1.82, 2.24) is 14.8 Å². The number of anilines is 1. The van der Waals surface area contributed by atoms with E-state index in [1.807, 2.05) is 13.1 Å².